The summed E-state index contributed by atoms with van der Waals surface area (Å²) in [4.78, 5) is 18.3. The van der Waals surface area contributed by atoms with E-state index in [1.54, 1.807) is 0 Å². The van der Waals surface area contributed by atoms with Crippen molar-refractivity contribution in [2.24, 2.45) is 0 Å². The summed E-state index contributed by atoms with van der Waals surface area (Å²) in [5.41, 5.74) is 4.70. The lowest BCUT2D eigenvalue weighted by atomic mass is 9.74. The Kier molecular flexibility index (Phi) is 7.40. The molecule has 1 atom stereocenters. The minimum Gasteiger partial charge on any atom is -0.485 e. The molecule has 1 fully saturated rings. The fourth-order valence-corrected chi connectivity index (χ4v) is 5.94. The van der Waals surface area contributed by atoms with Crippen molar-refractivity contribution in [3.63, 3.8) is 0 Å². The number of piperidine rings is 1. The van der Waals surface area contributed by atoms with E-state index < -0.39 is 0 Å². The van der Waals surface area contributed by atoms with Crippen LogP contribution in [0, 0.1) is 0 Å². The molecule has 5 rings (SSSR count). The number of carbonyl (C=O) groups is 1. The summed E-state index contributed by atoms with van der Waals surface area (Å²) in [6.45, 7) is 3.38. The second-order valence-corrected chi connectivity index (χ2v) is 10.1. The van der Waals surface area contributed by atoms with Crippen LogP contribution >= 0.6 is 0 Å². The molecule has 0 radical (unpaired) electrons. The Labute approximate surface area is 215 Å². The van der Waals surface area contributed by atoms with Gasteiger partial charge in [0, 0.05) is 31.6 Å². The predicted octanol–water partition coefficient (Wildman–Crippen LogP) is 5.04. The lowest BCUT2D eigenvalue weighted by Gasteiger charge is -2.51. The molecule has 0 aliphatic carbocycles. The molecule has 2 heterocycles. The van der Waals surface area contributed by atoms with Crippen LogP contribution in [0.15, 0.2) is 78.9 Å². The van der Waals surface area contributed by atoms with Gasteiger partial charge in [0.15, 0.2) is 0 Å². The zero-order valence-electron chi connectivity index (χ0n) is 21.5. The highest BCUT2D eigenvalue weighted by molar-refractivity contribution is 5.97. The van der Waals surface area contributed by atoms with Gasteiger partial charge in [-0.2, -0.15) is 0 Å². The maximum absolute atomic E-state index is 13.8. The van der Waals surface area contributed by atoms with E-state index in [0.717, 1.165) is 57.4 Å². The molecular weight excluding hydrogens is 446 g/mol. The first kappa shape index (κ1) is 24.5. The van der Waals surface area contributed by atoms with Crippen molar-refractivity contribution in [1.82, 2.24) is 15.1 Å². The first-order valence-corrected chi connectivity index (χ1v) is 13.2. The van der Waals surface area contributed by atoms with Crippen LogP contribution < -0.4 is 10.1 Å². The van der Waals surface area contributed by atoms with E-state index in [9.17, 15) is 4.79 Å². The number of likely N-dealkylation sites (tertiary alicyclic amines) is 1. The van der Waals surface area contributed by atoms with E-state index >= 15 is 0 Å². The molecule has 0 aromatic heterocycles. The van der Waals surface area contributed by atoms with Gasteiger partial charge in [0.05, 0.1) is 5.56 Å². The van der Waals surface area contributed by atoms with Crippen LogP contribution in [-0.2, 0) is 12.0 Å². The molecule has 1 amide bonds. The van der Waals surface area contributed by atoms with Crippen molar-refractivity contribution in [3.8, 4) is 5.75 Å². The zero-order valence-corrected chi connectivity index (χ0v) is 21.5. The van der Waals surface area contributed by atoms with Crippen LogP contribution in [0.3, 0.4) is 0 Å². The molecule has 188 valence electrons. The fourth-order valence-electron chi connectivity index (χ4n) is 5.94. The second-order valence-electron chi connectivity index (χ2n) is 10.1. The summed E-state index contributed by atoms with van der Waals surface area (Å²) in [6.07, 6.45) is 3.69. The average Bonchev–Trinajstić information content (AvgIpc) is 2.94. The Morgan fingerprint density at radius 1 is 0.944 bits per heavy atom. The van der Waals surface area contributed by atoms with Gasteiger partial charge in [-0.1, -0.05) is 66.7 Å². The van der Waals surface area contributed by atoms with Crippen molar-refractivity contribution < 1.29 is 9.53 Å². The average molecular weight is 484 g/mol. The van der Waals surface area contributed by atoms with Gasteiger partial charge < -0.3 is 15.0 Å². The standard InChI is InChI=1S/C31H37N3O2/c1-32-20-16-28(25-11-4-3-5-12-25)36-29-15-9-7-13-26(29)30(35)34-22-18-31(19-23-34)27-14-8-6-10-24(27)17-21-33(31)2/h3-15,28,32H,16-23H2,1-2H3. The van der Waals surface area contributed by atoms with Crippen molar-refractivity contribution in [2.45, 2.75) is 37.3 Å². The third kappa shape index (κ3) is 4.78. The largest absolute Gasteiger partial charge is 0.485 e. The van der Waals surface area contributed by atoms with E-state index in [-0.39, 0.29) is 17.6 Å². The molecule has 3 aromatic rings. The minimum absolute atomic E-state index is 0.0210. The first-order valence-electron chi connectivity index (χ1n) is 13.2. The van der Waals surface area contributed by atoms with Crippen LogP contribution in [-0.4, -0.2) is 56.0 Å². The summed E-state index contributed by atoms with van der Waals surface area (Å²) in [5.74, 6) is 0.723. The Morgan fingerprint density at radius 3 is 2.42 bits per heavy atom. The van der Waals surface area contributed by atoms with Gasteiger partial charge in [-0.25, -0.2) is 0 Å². The maximum atomic E-state index is 13.8. The van der Waals surface area contributed by atoms with Crippen LogP contribution in [0.25, 0.3) is 0 Å². The fraction of sp³-hybridized carbons (Fsp3) is 0.387. The van der Waals surface area contributed by atoms with E-state index in [1.165, 1.54) is 11.1 Å². The van der Waals surface area contributed by atoms with E-state index in [0.29, 0.717) is 11.3 Å². The summed E-state index contributed by atoms with van der Waals surface area (Å²) < 4.78 is 6.52. The van der Waals surface area contributed by atoms with E-state index in [4.69, 9.17) is 4.74 Å². The molecular formula is C31H37N3O2. The predicted molar refractivity (Wildman–Crippen MR) is 144 cm³/mol. The highest BCUT2D eigenvalue weighted by Crippen LogP contribution is 2.43. The van der Waals surface area contributed by atoms with Crippen LogP contribution in [0.2, 0.25) is 0 Å². The molecule has 2 aliphatic rings. The van der Waals surface area contributed by atoms with Crippen molar-refractivity contribution in [1.29, 1.82) is 0 Å². The molecule has 0 saturated carbocycles. The molecule has 0 bridgehead atoms. The molecule has 1 spiro atoms. The third-order valence-corrected chi connectivity index (χ3v) is 8.06. The summed E-state index contributed by atoms with van der Waals surface area (Å²) in [7, 11) is 4.19. The van der Waals surface area contributed by atoms with Crippen molar-refractivity contribution in [3.05, 3.63) is 101 Å². The molecule has 5 heteroatoms. The van der Waals surface area contributed by atoms with Gasteiger partial charge in [0.25, 0.3) is 5.91 Å². The molecule has 36 heavy (non-hydrogen) atoms. The number of benzene rings is 3. The Bertz CT molecular complexity index is 1170. The second kappa shape index (κ2) is 10.9. The third-order valence-electron chi connectivity index (χ3n) is 8.06. The Morgan fingerprint density at radius 2 is 1.64 bits per heavy atom. The molecule has 1 saturated heterocycles. The van der Waals surface area contributed by atoms with Crippen LogP contribution in [0.5, 0.6) is 5.75 Å². The number of likely N-dealkylation sites (N-methyl/N-ethyl adjacent to an activating group) is 1. The number of nitrogens with one attached hydrogen (secondary N) is 1. The Balaban J connectivity index is 1.34. The van der Waals surface area contributed by atoms with Gasteiger partial charge >= 0.3 is 0 Å². The normalized spacial score (nSPS) is 18.0. The number of amides is 1. The van der Waals surface area contributed by atoms with E-state index in [2.05, 4.69) is 53.7 Å². The molecule has 5 nitrogen and oxygen atoms in total. The number of hydrogen-bond donors (Lipinski definition) is 1. The smallest absolute Gasteiger partial charge is 0.257 e. The van der Waals surface area contributed by atoms with Gasteiger partial charge in [-0.15, -0.1) is 0 Å². The first-order chi connectivity index (χ1) is 17.6. The monoisotopic (exact) mass is 483 g/mol. The zero-order chi connectivity index (χ0) is 25.0. The highest BCUT2D eigenvalue weighted by Gasteiger charge is 2.43. The van der Waals surface area contributed by atoms with Crippen LogP contribution in [0.4, 0.5) is 0 Å². The summed E-state index contributed by atoms with van der Waals surface area (Å²) in [5, 5.41) is 3.22. The van der Waals surface area contributed by atoms with E-state index in [1.807, 2.05) is 54.4 Å². The number of hydrogen-bond acceptors (Lipinski definition) is 4. The topological polar surface area (TPSA) is 44.8 Å². The summed E-state index contributed by atoms with van der Waals surface area (Å²) >= 11 is 0. The number of rotatable bonds is 7. The quantitative estimate of drug-likeness (QED) is 0.512. The van der Waals surface area contributed by atoms with Crippen LogP contribution in [0.1, 0.15) is 52.4 Å². The number of ether oxygens (including phenoxy) is 1. The Hall–Kier alpha value is -3.15. The SMILES string of the molecule is CNCCC(Oc1ccccc1C(=O)N1CCC2(CC1)c1ccccc1CCN2C)c1ccccc1. The minimum atomic E-state index is -0.121. The summed E-state index contributed by atoms with van der Waals surface area (Å²) in [6, 6.07) is 26.8. The van der Waals surface area contributed by atoms with Gasteiger partial charge in [0.1, 0.15) is 11.9 Å². The number of para-hydroxylation sites is 1. The van der Waals surface area contributed by atoms with Crippen molar-refractivity contribution in [2.75, 3.05) is 40.3 Å². The molecule has 1 N–H and O–H groups in total. The van der Waals surface area contributed by atoms with Gasteiger partial charge in [-0.05, 0) is 68.7 Å². The lowest BCUT2D eigenvalue weighted by molar-refractivity contribution is 0.0248. The molecule has 3 aromatic carbocycles. The number of nitrogens with zero attached hydrogens (tertiary/aromatic N) is 2. The highest BCUT2D eigenvalue weighted by atomic mass is 16.5. The molecule has 2 aliphatic heterocycles. The lowest BCUT2D eigenvalue weighted by Crippen LogP contribution is -2.55. The number of fused-ring (bicyclic) bond motifs is 2. The van der Waals surface area contributed by atoms with Gasteiger partial charge in [-0.3, -0.25) is 9.69 Å². The number of carbonyl (C=O) groups excluding carboxylic acids is 1. The molecule has 1 unspecified atom stereocenters. The van der Waals surface area contributed by atoms with Crippen molar-refractivity contribution >= 4 is 5.91 Å². The van der Waals surface area contributed by atoms with Gasteiger partial charge in [0.2, 0.25) is 0 Å². The maximum Gasteiger partial charge on any atom is 0.257 e.